The third kappa shape index (κ3) is 5.04. The van der Waals surface area contributed by atoms with Gasteiger partial charge in [-0.3, -0.25) is 4.79 Å². The van der Waals surface area contributed by atoms with Crippen molar-refractivity contribution in [1.29, 1.82) is 0 Å². The number of amides is 2. The summed E-state index contributed by atoms with van der Waals surface area (Å²) in [6.45, 7) is 0.383. The molecule has 2 unspecified atom stereocenters. The Morgan fingerprint density at radius 3 is 2.65 bits per heavy atom. The number of nitrogens with one attached hydrogen (secondary N) is 1. The average molecular weight is 243 g/mol. The van der Waals surface area contributed by atoms with Crippen LogP contribution >= 0.6 is 0 Å². The molecule has 1 fully saturated rings. The average Bonchev–Trinajstić information content (AvgIpc) is 2.48. The van der Waals surface area contributed by atoms with E-state index in [4.69, 9.17) is 11.5 Å². The molecule has 0 heterocycles. The minimum Gasteiger partial charge on any atom is -0.448 e. The summed E-state index contributed by atoms with van der Waals surface area (Å²) in [6.07, 6.45) is 4.19. The van der Waals surface area contributed by atoms with Crippen molar-refractivity contribution >= 4 is 12.0 Å². The molecule has 2 amide bonds. The molecule has 0 saturated heterocycles. The number of hydrogen-bond acceptors (Lipinski definition) is 4. The molecule has 0 spiro atoms. The Morgan fingerprint density at radius 1 is 1.24 bits per heavy atom. The Labute approximate surface area is 101 Å². The fourth-order valence-electron chi connectivity index (χ4n) is 2.12. The largest absolute Gasteiger partial charge is 0.448 e. The van der Waals surface area contributed by atoms with Crippen LogP contribution in [0.4, 0.5) is 4.79 Å². The fourth-order valence-corrected chi connectivity index (χ4v) is 2.12. The van der Waals surface area contributed by atoms with E-state index in [1.54, 1.807) is 0 Å². The molecular weight excluding hydrogens is 222 g/mol. The second kappa shape index (κ2) is 7.11. The van der Waals surface area contributed by atoms with Gasteiger partial charge in [0, 0.05) is 6.04 Å². The normalized spacial score (nSPS) is 24.8. The van der Waals surface area contributed by atoms with E-state index in [1.165, 1.54) is 0 Å². The van der Waals surface area contributed by atoms with E-state index < -0.39 is 6.09 Å². The summed E-state index contributed by atoms with van der Waals surface area (Å²) in [6, 6.07) is -0.0606. The predicted molar refractivity (Wildman–Crippen MR) is 63.1 cm³/mol. The Kier molecular flexibility index (Phi) is 5.76. The van der Waals surface area contributed by atoms with Crippen molar-refractivity contribution in [2.24, 2.45) is 17.4 Å². The lowest BCUT2D eigenvalue weighted by molar-refractivity contribution is -0.126. The molecule has 2 atom stereocenters. The van der Waals surface area contributed by atoms with E-state index in [0.29, 0.717) is 0 Å². The van der Waals surface area contributed by atoms with Gasteiger partial charge in [-0.15, -0.1) is 0 Å². The Bertz CT molecular complexity index is 271. The van der Waals surface area contributed by atoms with Gasteiger partial charge in [-0.1, -0.05) is 19.3 Å². The molecule has 1 saturated carbocycles. The van der Waals surface area contributed by atoms with Gasteiger partial charge in [-0.25, -0.2) is 4.79 Å². The number of carbonyl (C=O) groups is 2. The highest BCUT2D eigenvalue weighted by Gasteiger charge is 2.26. The van der Waals surface area contributed by atoms with Crippen molar-refractivity contribution in [3.8, 4) is 0 Å². The topological polar surface area (TPSA) is 107 Å². The fraction of sp³-hybridized carbons (Fsp3) is 0.818. The smallest absolute Gasteiger partial charge is 0.404 e. The van der Waals surface area contributed by atoms with Crippen LogP contribution in [0.3, 0.4) is 0 Å². The predicted octanol–water partition coefficient (Wildman–Crippen LogP) is 0.106. The van der Waals surface area contributed by atoms with Crippen molar-refractivity contribution in [3.05, 3.63) is 0 Å². The van der Waals surface area contributed by atoms with Gasteiger partial charge in [0.15, 0.2) is 0 Å². The summed E-state index contributed by atoms with van der Waals surface area (Å²) < 4.78 is 4.52. The molecule has 6 heteroatoms. The molecule has 0 bridgehead atoms. The highest BCUT2D eigenvalue weighted by molar-refractivity contribution is 5.79. The number of primary amides is 1. The van der Waals surface area contributed by atoms with Gasteiger partial charge < -0.3 is 21.5 Å². The first-order chi connectivity index (χ1) is 8.11. The Balaban J connectivity index is 2.27. The number of ether oxygens (including phenoxy) is 1. The zero-order chi connectivity index (χ0) is 12.7. The van der Waals surface area contributed by atoms with Crippen LogP contribution in [0.1, 0.15) is 32.1 Å². The first-order valence-corrected chi connectivity index (χ1v) is 6.07. The summed E-state index contributed by atoms with van der Waals surface area (Å²) in [5.74, 6) is -0.168. The maximum Gasteiger partial charge on any atom is 0.404 e. The molecule has 98 valence electrons. The summed E-state index contributed by atoms with van der Waals surface area (Å²) in [5.41, 5.74) is 10.8. The Morgan fingerprint density at radius 2 is 1.94 bits per heavy atom. The van der Waals surface area contributed by atoms with E-state index >= 15 is 0 Å². The molecule has 1 aliphatic carbocycles. The Hall–Kier alpha value is -1.30. The van der Waals surface area contributed by atoms with Crippen LogP contribution in [-0.2, 0) is 9.53 Å². The lowest BCUT2D eigenvalue weighted by Crippen LogP contribution is -2.42. The van der Waals surface area contributed by atoms with Crippen LogP contribution in [0.2, 0.25) is 0 Å². The van der Waals surface area contributed by atoms with Gasteiger partial charge in [-0.2, -0.15) is 0 Å². The highest BCUT2D eigenvalue weighted by atomic mass is 16.5. The highest BCUT2D eigenvalue weighted by Crippen LogP contribution is 2.22. The van der Waals surface area contributed by atoms with E-state index in [9.17, 15) is 9.59 Å². The molecule has 0 radical (unpaired) electrons. The van der Waals surface area contributed by atoms with E-state index in [0.717, 1.165) is 32.1 Å². The third-order valence-electron chi connectivity index (χ3n) is 3.05. The summed E-state index contributed by atoms with van der Waals surface area (Å²) in [5, 5.41) is 2.71. The van der Waals surface area contributed by atoms with Crippen LogP contribution in [0.15, 0.2) is 0 Å². The van der Waals surface area contributed by atoms with Gasteiger partial charge in [0.1, 0.15) is 6.61 Å². The molecule has 1 rings (SSSR count). The first-order valence-electron chi connectivity index (χ1n) is 6.07. The molecule has 0 aliphatic heterocycles. The zero-order valence-corrected chi connectivity index (χ0v) is 9.98. The van der Waals surface area contributed by atoms with Crippen LogP contribution in [0.25, 0.3) is 0 Å². The van der Waals surface area contributed by atoms with Crippen LogP contribution in [-0.4, -0.2) is 31.2 Å². The molecule has 0 aromatic heterocycles. The third-order valence-corrected chi connectivity index (χ3v) is 3.05. The lowest BCUT2D eigenvalue weighted by atomic mass is 9.95. The molecule has 17 heavy (non-hydrogen) atoms. The van der Waals surface area contributed by atoms with Crippen LogP contribution in [0, 0.1) is 5.92 Å². The minimum atomic E-state index is -0.828. The lowest BCUT2D eigenvalue weighted by Gasteiger charge is -2.20. The van der Waals surface area contributed by atoms with Gasteiger partial charge in [0.05, 0.1) is 12.5 Å². The number of hydrogen-bond donors (Lipinski definition) is 3. The van der Waals surface area contributed by atoms with Gasteiger partial charge >= 0.3 is 6.09 Å². The zero-order valence-electron chi connectivity index (χ0n) is 9.98. The summed E-state index contributed by atoms with van der Waals surface area (Å²) in [4.78, 5) is 22.2. The summed E-state index contributed by atoms with van der Waals surface area (Å²) >= 11 is 0. The van der Waals surface area contributed by atoms with E-state index in [1.807, 2.05) is 0 Å². The SMILES string of the molecule is NC(=O)OCCNC(=O)C1CCCCCC1N. The first kappa shape index (κ1) is 13.8. The molecular formula is C11H21N3O3. The van der Waals surface area contributed by atoms with E-state index in [-0.39, 0.29) is 31.0 Å². The molecule has 1 aliphatic rings. The van der Waals surface area contributed by atoms with Gasteiger partial charge in [-0.05, 0) is 12.8 Å². The van der Waals surface area contributed by atoms with Crippen molar-refractivity contribution in [2.75, 3.05) is 13.2 Å². The van der Waals surface area contributed by atoms with Gasteiger partial charge in [0.25, 0.3) is 0 Å². The molecule has 5 N–H and O–H groups in total. The maximum atomic E-state index is 11.8. The van der Waals surface area contributed by atoms with Crippen molar-refractivity contribution in [3.63, 3.8) is 0 Å². The molecule has 0 aromatic carbocycles. The molecule has 6 nitrogen and oxygen atoms in total. The monoisotopic (exact) mass is 243 g/mol. The maximum absolute atomic E-state index is 11.8. The second-order valence-electron chi connectivity index (χ2n) is 4.37. The minimum absolute atomic E-state index is 0.0486. The summed E-state index contributed by atoms with van der Waals surface area (Å²) in [7, 11) is 0. The standard InChI is InChI=1S/C11H21N3O3/c12-9-5-3-1-2-4-8(9)10(15)14-6-7-17-11(13)16/h8-9H,1-7,12H2,(H2,13,16)(H,14,15). The number of carbonyl (C=O) groups excluding carboxylic acids is 2. The molecule has 0 aromatic rings. The van der Waals surface area contributed by atoms with Crippen LogP contribution in [0.5, 0.6) is 0 Å². The second-order valence-corrected chi connectivity index (χ2v) is 4.37. The van der Waals surface area contributed by atoms with Crippen molar-refractivity contribution in [2.45, 2.75) is 38.1 Å². The van der Waals surface area contributed by atoms with Crippen molar-refractivity contribution < 1.29 is 14.3 Å². The quantitative estimate of drug-likeness (QED) is 0.481. The number of nitrogens with two attached hydrogens (primary N) is 2. The van der Waals surface area contributed by atoms with Gasteiger partial charge in [0.2, 0.25) is 5.91 Å². The van der Waals surface area contributed by atoms with Crippen molar-refractivity contribution in [1.82, 2.24) is 5.32 Å². The van der Waals surface area contributed by atoms with E-state index in [2.05, 4.69) is 10.1 Å². The number of rotatable bonds is 4. The van der Waals surface area contributed by atoms with Crippen LogP contribution < -0.4 is 16.8 Å².